The fourth-order valence-corrected chi connectivity index (χ4v) is 1.30. The predicted molar refractivity (Wildman–Crippen MR) is 77.5 cm³/mol. The maximum absolute atomic E-state index is 10.3. The van der Waals surface area contributed by atoms with Gasteiger partial charge in [0.2, 0.25) is 0 Å². The Balaban J connectivity index is 0.00000225. The molecule has 3 heterocycles. The summed E-state index contributed by atoms with van der Waals surface area (Å²) in [5, 5.41) is 41.1. The van der Waals surface area contributed by atoms with Crippen molar-refractivity contribution in [3.63, 3.8) is 0 Å². The van der Waals surface area contributed by atoms with Crippen LogP contribution < -0.4 is 22.9 Å². The topological polar surface area (TPSA) is 339 Å². The molecule has 0 radical (unpaired) electrons. The van der Waals surface area contributed by atoms with E-state index in [-0.39, 0.29) is 29.2 Å². The van der Waals surface area contributed by atoms with E-state index < -0.39 is 33.2 Å². The highest BCUT2D eigenvalue weighted by atomic mass is 16.7. The minimum atomic E-state index is -1.05. The van der Waals surface area contributed by atoms with Crippen LogP contribution in [0, 0.1) is 20.2 Å². The van der Waals surface area contributed by atoms with Crippen LogP contribution in [-0.4, -0.2) is 42.8 Å². The van der Waals surface area contributed by atoms with Crippen molar-refractivity contribution in [3.05, 3.63) is 42.5 Å². The van der Waals surface area contributed by atoms with E-state index in [0.717, 1.165) is 0 Å². The van der Waals surface area contributed by atoms with Crippen molar-refractivity contribution in [2.75, 3.05) is 0 Å². The number of hydrogen-bond donors (Lipinski definition) is 2. The van der Waals surface area contributed by atoms with Crippen LogP contribution in [0.2, 0.25) is 0 Å². The fourth-order valence-electron chi connectivity index (χ4n) is 1.30. The van der Waals surface area contributed by atoms with E-state index in [0.29, 0.717) is 0 Å². The summed E-state index contributed by atoms with van der Waals surface area (Å²) < 4.78 is 8.54. The molecule has 21 nitrogen and oxygen atoms in total. The number of rotatable bonds is 5. The molecule has 148 valence electrons. The highest BCUT2D eigenvalue weighted by Crippen LogP contribution is 2.21. The minimum absolute atomic E-state index is 0. The summed E-state index contributed by atoms with van der Waals surface area (Å²) in [6.07, 6.45) is 0. The van der Waals surface area contributed by atoms with Crippen LogP contribution in [0.5, 0.6) is 0 Å². The first-order valence-electron chi connectivity index (χ1n) is 5.42. The summed E-state index contributed by atoms with van der Waals surface area (Å²) in [6, 6.07) is 0. The van der Waals surface area contributed by atoms with Crippen molar-refractivity contribution in [2.45, 2.75) is 0 Å². The molecule has 0 spiro atoms. The van der Waals surface area contributed by atoms with Gasteiger partial charge < -0.3 is 36.7 Å². The maximum atomic E-state index is 10.3. The molecule has 0 aliphatic carbocycles. The monoisotopic (exact) mass is 394 g/mol. The van der Waals surface area contributed by atoms with Crippen LogP contribution in [-0.2, 0) is 9.68 Å². The van der Waals surface area contributed by atoms with Gasteiger partial charge in [0.1, 0.15) is 16.2 Å². The SMILES string of the molecule is O.O=[N+]([O-])/N=c1\[n-]onc1C1=NOC(c2nonc2[N-][N+](=O)[O-])=NO1.[NH4+].[NH4+]. The highest BCUT2D eigenvalue weighted by Gasteiger charge is 2.22. The van der Waals surface area contributed by atoms with Gasteiger partial charge in [0.15, 0.2) is 5.69 Å². The van der Waals surface area contributed by atoms with Gasteiger partial charge in [-0.2, -0.15) is 10.3 Å². The Labute approximate surface area is 144 Å². The van der Waals surface area contributed by atoms with Crippen LogP contribution in [0.1, 0.15) is 11.4 Å². The van der Waals surface area contributed by atoms with Crippen LogP contribution in [0.15, 0.2) is 24.7 Å². The lowest BCUT2D eigenvalue weighted by atomic mass is 10.4. The van der Waals surface area contributed by atoms with Crippen LogP contribution in [0.25, 0.3) is 5.43 Å². The Kier molecular flexibility index (Phi) is 7.59. The molecule has 0 saturated carbocycles. The Morgan fingerprint density at radius 1 is 1.00 bits per heavy atom. The summed E-state index contributed by atoms with van der Waals surface area (Å²) in [7, 11) is 0. The number of quaternary nitrogens is 2. The van der Waals surface area contributed by atoms with E-state index in [1.54, 1.807) is 0 Å². The molecule has 3 rings (SSSR count). The lowest BCUT2D eigenvalue weighted by Gasteiger charge is -2.09. The number of nitro groups is 2. The van der Waals surface area contributed by atoms with Crippen LogP contribution in [0.4, 0.5) is 5.82 Å². The molecular formula is C6H10N12O9. The number of nitrogens with zero attached hydrogens (tertiary/aromatic N) is 10. The third-order valence-electron chi connectivity index (χ3n) is 2.13. The molecular weight excluding hydrogens is 384 g/mol. The molecule has 0 unspecified atom stereocenters. The van der Waals surface area contributed by atoms with Gasteiger partial charge in [-0.05, 0) is 10.3 Å². The van der Waals surface area contributed by atoms with Gasteiger partial charge in [-0.1, -0.05) is 10.3 Å². The summed E-state index contributed by atoms with van der Waals surface area (Å²) in [4.78, 5) is 30.2. The van der Waals surface area contributed by atoms with Crippen molar-refractivity contribution >= 4 is 17.6 Å². The molecule has 27 heavy (non-hydrogen) atoms. The second-order valence-electron chi connectivity index (χ2n) is 3.52. The molecule has 0 aromatic carbocycles. The average Bonchev–Trinajstić information content (AvgIpc) is 3.16. The van der Waals surface area contributed by atoms with E-state index >= 15 is 0 Å². The lowest BCUT2D eigenvalue weighted by molar-refractivity contribution is -0.490. The molecule has 10 N–H and O–H groups in total. The van der Waals surface area contributed by atoms with Gasteiger partial charge in [0.05, 0.1) is 10.9 Å². The average molecular weight is 394 g/mol. The molecule has 2 aromatic rings. The standard InChI is InChI=1S/C6N10O8.2H3N.H2O/c17-15(18)7-3-1(9-23-11-3)5-13-22-6(14-21-5)2-4(8-16(19)20)12-24-10-2;;;/h;2*1H3;1H2/q-2;;;/p+2. The van der Waals surface area contributed by atoms with E-state index in [1.807, 2.05) is 0 Å². The fraction of sp³-hybridized carbons (Fsp3) is 0. The third kappa shape index (κ3) is 4.75. The normalized spacial score (nSPS) is 12.7. The summed E-state index contributed by atoms with van der Waals surface area (Å²) in [5.74, 6) is -1.51. The molecule has 21 heteroatoms. The van der Waals surface area contributed by atoms with Crippen molar-refractivity contribution in [3.8, 4) is 0 Å². The summed E-state index contributed by atoms with van der Waals surface area (Å²) >= 11 is 0. The first-order chi connectivity index (χ1) is 11.5. The zero-order chi connectivity index (χ0) is 17.1. The Hall–Kier alpha value is -4.50. The largest absolute Gasteiger partial charge is 0.412 e. The van der Waals surface area contributed by atoms with Gasteiger partial charge >= 0.3 is 5.90 Å². The van der Waals surface area contributed by atoms with Crippen molar-refractivity contribution in [1.82, 2.24) is 32.9 Å². The number of oxime groups is 2. The van der Waals surface area contributed by atoms with Gasteiger partial charge in [-0.15, -0.1) is 5.43 Å². The molecule has 0 bridgehead atoms. The smallest absolute Gasteiger partial charge is 0.313 e. The van der Waals surface area contributed by atoms with E-state index in [1.165, 1.54) is 0 Å². The molecule has 0 atom stereocenters. The first kappa shape index (κ1) is 22.5. The van der Waals surface area contributed by atoms with E-state index in [9.17, 15) is 20.2 Å². The van der Waals surface area contributed by atoms with Gasteiger partial charge in [0.25, 0.3) is 5.90 Å². The van der Waals surface area contributed by atoms with Crippen molar-refractivity contribution in [1.29, 1.82) is 0 Å². The lowest BCUT2D eigenvalue weighted by Crippen LogP contribution is -2.23. The Bertz CT molecular complexity index is 922. The minimum Gasteiger partial charge on any atom is -0.412 e. The van der Waals surface area contributed by atoms with E-state index in [2.05, 4.69) is 50.7 Å². The molecule has 1 aliphatic heterocycles. The van der Waals surface area contributed by atoms with Gasteiger partial charge in [-0.25, -0.2) is 10.1 Å². The first-order valence-corrected chi connectivity index (χ1v) is 5.42. The third-order valence-corrected chi connectivity index (χ3v) is 2.13. The predicted octanol–water partition coefficient (Wildman–Crippen LogP) is -1.70. The summed E-state index contributed by atoms with van der Waals surface area (Å²) in [5.41, 5.74) is 1.58. The second-order valence-corrected chi connectivity index (χ2v) is 3.52. The zero-order valence-electron chi connectivity index (χ0n) is 13.2. The Morgan fingerprint density at radius 3 is 2.19 bits per heavy atom. The number of hydrogen-bond acceptors (Lipinski definition) is 13. The van der Waals surface area contributed by atoms with Crippen molar-refractivity contribution < 1.29 is 34.5 Å². The van der Waals surface area contributed by atoms with Gasteiger partial charge in [-0.3, -0.25) is 15.3 Å². The molecule has 0 fully saturated rings. The van der Waals surface area contributed by atoms with Gasteiger partial charge in [0, 0.05) is 0 Å². The zero-order valence-corrected chi connectivity index (χ0v) is 13.2. The highest BCUT2D eigenvalue weighted by molar-refractivity contribution is 6.00. The molecule has 0 amide bonds. The maximum Gasteiger partial charge on any atom is 0.313 e. The van der Waals surface area contributed by atoms with Crippen molar-refractivity contribution in [2.24, 2.45) is 15.4 Å². The summed E-state index contributed by atoms with van der Waals surface area (Å²) in [6.45, 7) is 0. The number of aromatic nitrogens is 4. The van der Waals surface area contributed by atoms with E-state index in [4.69, 9.17) is 9.68 Å². The van der Waals surface area contributed by atoms with Crippen LogP contribution in [0.3, 0.4) is 0 Å². The molecule has 1 aliphatic rings. The second kappa shape index (κ2) is 9.11. The molecule has 0 saturated heterocycles. The Morgan fingerprint density at radius 2 is 1.63 bits per heavy atom. The van der Waals surface area contributed by atoms with Crippen LogP contribution >= 0.6 is 0 Å². The molecule has 2 aromatic heterocycles. The quantitative estimate of drug-likeness (QED) is 0.423.